The number of allylic oxidation sites excluding steroid dienone is 3. The molecule has 0 aliphatic rings. The lowest BCUT2D eigenvalue weighted by molar-refractivity contribution is -0.870. The van der Waals surface area contributed by atoms with Crippen LogP contribution in [-0.4, -0.2) is 68.5 Å². The Bertz CT molecular complexity index is 1170. The molecule has 0 saturated carbocycles. The SMILES string of the molecule is CCCCCCCCCC/C=C/CC/C=C/C(O)C(COP(=O)([O-])OCC[N+](C)(C)C)NC(=O)CCCCCCCCCCCCCCCCCCCCCCCCCCCCCCCCCCC. The van der Waals surface area contributed by atoms with E-state index >= 15 is 0 Å². The zero-order chi connectivity index (χ0) is 50.6. The first-order chi connectivity index (χ1) is 33.5. The quantitative estimate of drug-likeness (QED) is 0.0272. The van der Waals surface area contributed by atoms with Crippen LogP contribution < -0.4 is 10.2 Å². The van der Waals surface area contributed by atoms with Crippen molar-refractivity contribution in [3.63, 3.8) is 0 Å². The average Bonchev–Trinajstić information content (AvgIpc) is 3.31. The van der Waals surface area contributed by atoms with Gasteiger partial charge in [-0.25, -0.2) is 0 Å². The zero-order valence-electron chi connectivity index (χ0n) is 46.8. The van der Waals surface area contributed by atoms with E-state index in [0.29, 0.717) is 17.4 Å². The summed E-state index contributed by atoms with van der Waals surface area (Å²) in [5, 5.41) is 13.8. The number of amides is 1. The van der Waals surface area contributed by atoms with Crippen molar-refractivity contribution in [1.29, 1.82) is 0 Å². The Balaban J connectivity index is 3.98. The second-order valence-corrected chi connectivity index (χ2v) is 23.5. The van der Waals surface area contributed by atoms with Crippen molar-refractivity contribution in [2.45, 2.75) is 315 Å². The van der Waals surface area contributed by atoms with E-state index in [1.54, 1.807) is 6.08 Å². The molecule has 410 valence electrons. The molecule has 1 amide bonds. The molecule has 3 unspecified atom stereocenters. The lowest BCUT2D eigenvalue weighted by Gasteiger charge is -2.29. The standard InChI is InChI=1S/C60H119N2O6P/c1-6-8-10-12-14-16-18-20-22-23-24-25-26-27-28-29-30-31-32-33-34-35-36-37-38-39-40-42-44-46-48-50-52-54-60(64)61-58(57-68-69(65,66)67-56-55-62(3,4)5)59(63)53-51-49-47-45-43-41-21-19-17-15-13-11-9-7-2/h43,45,51,53,58-59,63H,6-42,44,46-50,52,54-57H2,1-5H3,(H-,61,64,65,66)/b45-43+,53-51+. The van der Waals surface area contributed by atoms with E-state index in [4.69, 9.17) is 9.05 Å². The highest BCUT2D eigenvalue weighted by molar-refractivity contribution is 7.45. The monoisotopic (exact) mass is 995 g/mol. The van der Waals surface area contributed by atoms with Crippen molar-refractivity contribution >= 4 is 13.7 Å². The Morgan fingerprint density at radius 3 is 1.17 bits per heavy atom. The molecule has 0 aromatic carbocycles. The number of quaternary nitrogens is 1. The van der Waals surface area contributed by atoms with Gasteiger partial charge in [0.15, 0.2) is 0 Å². The third-order valence-electron chi connectivity index (χ3n) is 13.9. The van der Waals surface area contributed by atoms with Crippen LogP contribution in [-0.2, 0) is 18.4 Å². The summed E-state index contributed by atoms with van der Waals surface area (Å²) < 4.78 is 23.3. The van der Waals surface area contributed by atoms with Crippen molar-refractivity contribution in [3.8, 4) is 0 Å². The summed E-state index contributed by atoms with van der Waals surface area (Å²) in [5.41, 5.74) is 0. The van der Waals surface area contributed by atoms with Crippen LogP contribution in [0.25, 0.3) is 0 Å². The lowest BCUT2D eigenvalue weighted by Crippen LogP contribution is -2.45. The highest BCUT2D eigenvalue weighted by Crippen LogP contribution is 2.38. The molecule has 8 nitrogen and oxygen atoms in total. The second-order valence-electron chi connectivity index (χ2n) is 22.1. The molecular weight excluding hydrogens is 876 g/mol. The minimum Gasteiger partial charge on any atom is -0.756 e. The van der Waals surface area contributed by atoms with Gasteiger partial charge < -0.3 is 28.8 Å². The minimum absolute atomic E-state index is 0.00392. The van der Waals surface area contributed by atoms with Gasteiger partial charge in [-0.15, -0.1) is 0 Å². The van der Waals surface area contributed by atoms with Crippen LogP contribution in [0.2, 0.25) is 0 Å². The predicted octanol–water partition coefficient (Wildman–Crippen LogP) is 17.7. The molecule has 9 heteroatoms. The van der Waals surface area contributed by atoms with Gasteiger partial charge in [0.1, 0.15) is 13.2 Å². The topological polar surface area (TPSA) is 108 Å². The van der Waals surface area contributed by atoms with Crippen LogP contribution in [0.4, 0.5) is 0 Å². The average molecular weight is 996 g/mol. The smallest absolute Gasteiger partial charge is 0.268 e. The number of nitrogens with one attached hydrogen (secondary N) is 1. The summed E-state index contributed by atoms with van der Waals surface area (Å²) in [4.78, 5) is 25.5. The first-order valence-electron chi connectivity index (χ1n) is 30.2. The maximum absolute atomic E-state index is 12.9. The fourth-order valence-electron chi connectivity index (χ4n) is 9.17. The molecule has 0 aliphatic carbocycles. The van der Waals surface area contributed by atoms with E-state index in [1.165, 1.54) is 244 Å². The molecule has 0 bridgehead atoms. The number of hydrogen-bond donors (Lipinski definition) is 2. The number of nitrogens with zero attached hydrogens (tertiary/aromatic N) is 1. The van der Waals surface area contributed by atoms with Gasteiger partial charge >= 0.3 is 0 Å². The fraction of sp³-hybridized carbons (Fsp3) is 0.917. The molecule has 0 fully saturated rings. The summed E-state index contributed by atoms with van der Waals surface area (Å²) in [6, 6.07) is -0.899. The number of carbonyl (C=O) groups is 1. The largest absolute Gasteiger partial charge is 0.756 e. The van der Waals surface area contributed by atoms with Gasteiger partial charge in [-0.05, 0) is 32.1 Å². The molecule has 0 radical (unpaired) electrons. The fourth-order valence-corrected chi connectivity index (χ4v) is 9.90. The molecule has 0 aromatic heterocycles. The number of unbranched alkanes of at least 4 members (excludes halogenated alkanes) is 41. The maximum atomic E-state index is 12.9. The third-order valence-corrected chi connectivity index (χ3v) is 14.9. The molecule has 0 rings (SSSR count). The number of phosphoric acid groups is 1. The van der Waals surface area contributed by atoms with Crippen LogP contribution in [0.3, 0.4) is 0 Å². The van der Waals surface area contributed by atoms with Gasteiger partial charge in [-0.3, -0.25) is 9.36 Å². The van der Waals surface area contributed by atoms with E-state index in [-0.39, 0.29) is 19.1 Å². The highest BCUT2D eigenvalue weighted by atomic mass is 31.2. The Kier molecular flexibility index (Phi) is 51.1. The number of carbonyl (C=O) groups excluding carboxylic acids is 1. The highest BCUT2D eigenvalue weighted by Gasteiger charge is 2.23. The number of likely N-dealkylation sites (N-methyl/N-ethyl adjacent to an activating group) is 1. The predicted molar refractivity (Wildman–Crippen MR) is 298 cm³/mol. The van der Waals surface area contributed by atoms with Crippen LogP contribution in [0, 0.1) is 0 Å². The summed E-state index contributed by atoms with van der Waals surface area (Å²) in [6.45, 7) is 4.66. The van der Waals surface area contributed by atoms with Crippen LogP contribution >= 0.6 is 7.82 Å². The number of aliphatic hydroxyl groups is 1. The van der Waals surface area contributed by atoms with Gasteiger partial charge in [-0.1, -0.05) is 289 Å². The van der Waals surface area contributed by atoms with Gasteiger partial charge in [0.2, 0.25) is 5.91 Å². The van der Waals surface area contributed by atoms with E-state index < -0.39 is 20.0 Å². The second kappa shape index (κ2) is 51.9. The van der Waals surface area contributed by atoms with E-state index in [9.17, 15) is 19.4 Å². The van der Waals surface area contributed by atoms with Gasteiger partial charge in [0, 0.05) is 6.42 Å². The number of aliphatic hydroxyl groups excluding tert-OH is 1. The molecule has 69 heavy (non-hydrogen) atoms. The first kappa shape index (κ1) is 68.0. The Hall–Kier alpha value is -1.02. The Labute approximate surface area is 430 Å². The third kappa shape index (κ3) is 54.6. The van der Waals surface area contributed by atoms with Gasteiger partial charge in [-0.2, -0.15) is 0 Å². The summed E-state index contributed by atoms with van der Waals surface area (Å²) in [6.07, 6.45) is 65.7. The van der Waals surface area contributed by atoms with Gasteiger partial charge in [0.05, 0.1) is 39.9 Å². The molecule has 0 spiro atoms. The molecule has 0 heterocycles. The van der Waals surface area contributed by atoms with E-state index in [2.05, 4.69) is 31.3 Å². The van der Waals surface area contributed by atoms with Crippen molar-refractivity contribution in [1.82, 2.24) is 5.32 Å². The molecule has 0 saturated heterocycles. The van der Waals surface area contributed by atoms with Crippen molar-refractivity contribution in [2.75, 3.05) is 40.9 Å². The number of rotatable bonds is 56. The Morgan fingerprint density at radius 1 is 0.493 bits per heavy atom. The summed E-state index contributed by atoms with van der Waals surface area (Å²) >= 11 is 0. The molecule has 2 N–H and O–H groups in total. The molecular formula is C60H119N2O6P. The summed E-state index contributed by atoms with van der Waals surface area (Å²) in [7, 11) is 1.26. The van der Waals surface area contributed by atoms with Crippen molar-refractivity contribution in [2.24, 2.45) is 0 Å². The zero-order valence-corrected chi connectivity index (χ0v) is 47.7. The van der Waals surface area contributed by atoms with Crippen molar-refractivity contribution in [3.05, 3.63) is 24.3 Å². The van der Waals surface area contributed by atoms with E-state index in [0.717, 1.165) is 38.5 Å². The van der Waals surface area contributed by atoms with Crippen LogP contribution in [0.5, 0.6) is 0 Å². The molecule has 0 aliphatic heterocycles. The first-order valence-corrected chi connectivity index (χ1v) is 31.7. The Morgan fingerprint density at radius 2 is 0.812 bits per heavy atom. The molecule has 0 aromatic rings. The van der Waals surface area contributed by atoms with Crippen LogP contribution in [0.15, 0.2) is 24.3 Å². The normalized spacial score (nSPS) is 14.0. The van der Waals surface area contributed by atoms with E-state index in [1.807, 2.05) is 27.2 Å². The molecule has 3 atom stereocenters. The number of hydrogen-bond acceptors (Lipinski definition) is 6. The van der Waals surface area contributed by atoms with Gasteiger partial charge in [0.25, 0.3) is 7.82 Å². The van der Waals surface area contributed by atoms with Crippen molar-refractivity contribution < 1.29 is 32.9 Å². The summed E-state index contributed by atoms with van der Waals surface area (Å²) in [5.74, 6) is -0.202. The number of phosphoric ester groups is 1. The lowest BCUT2D eigenvalue weighted by atomic mass is 10.0. The maximum Gasteiger partial charge on any atom is 0.268 e. The minimum atomic E-state index is -4.60. The van der Waals surface area contributed by atoms with Crippen LogP contribution in [0.1, 0.15) is 303 Å².